The van der Waals surface area contributed by atoms with Crippen LogP contribution >= 0.6 is 0 Å². The Hall–Kier alpha value is -0.410. The Labute approximate surface area is 114 Å². The molecule has 15 heavy (non-hydrogen) atoms. The monoisotopic (exact) mass is 250 g/mol. The van der Waals surface area contributed by atoms with Crippen LogP contribution in [0, 0.1) is 0 Å². The summed E-state index contributed by atoms with van der Waals surface area (Å²) in [5.74, 6) is -5.02. The molecule has 84 valence electrons. The van der Waals surface area contributed by atoms with Crippen LogP contribution in [0.2, 0.25) is 0 Å². The number of carbonyl (C=O) groups is 3. The minimum absolute atomic E-state index is 0. The molecular weight excluding hydrogens is 240 g/mol. The zero-order valence-corrected chi connectivity index (χ0v) is 9.84. The number of rotatable bonds is 5. The van der Waals surface area contributed by atoms with Gasteiger partial charge in [-0.3, -0.25) is 9.59 Å². The van der Waals surface area contributed by atoms with Gasteiger partial charge in [0.1, 0.15) is 0 Å². The van der Waals surface area contributed by atoms with Gasteiger partial charge in [-0.1, -0.05) is 0 Å². The molecule has 0 heterocycles. The van der Waals surface area contributed by atoms with Gasteiger partial charge in [-0.05, 0) is 0 Å². The number of hydrogen-bond donors (Lipinski definition) is 4. The van der Waals surface area contributed by atoms with Crippen molar-refractivity contribution in [3.63, 3.8) is 0 Å². The van der Waals surface area contributed by atoms with Crippen LogP contribution in [0.25, 0.3) is 0 Å². The van der Waals surface area contributed by atoms with E-state index < -0.39 is 36.4 Å². The molecule has 6 N–H and O–H groups in total. The fourth-order valence-corrected chi connectivity index (χ4v) is 0.714. The van der Waals surface area contributed by atoms with Crippen LogP contribution in [-0.4, -0.2) is 87.1 Å². The fraction of sp³-hybridized carbons (Fsp3) is 0.500. The average molecular weight is 250 g/mol. The summed E-state index contributed by atoms with van der Waals surface area (Å²) in [6, 6.07) is 0. The van der Waals surface area contributed by atoms with Gasteiger partial charge in [0.25, 0.3) is 0 Å². The number of carboxylic acids is 3. The maximum atomic E-state index is 10.3. The zero-order valence-electron chi connectivity index (χ0n) is 7.63. The Balaban J connectivity index is -0.000000720. The van der Waals surface area contributed by atoms with Crippen molar-refractivity contribution in [2.75, 3.05) is 0 Å². The van der Waals surface area contributed by atoms with Crippen LogP contribution in [-0.2, 0) is 14.4 Å². The van der Waals surface area contributed by atoms with Crippen molar-refractivity contribution < 1.29 is 40.3 Å². The van der Waals surface area contributed by atoms with Gasteiger partial charge in [0.15, 0.2) is 5.60 Å². The van der Waals surface area contributed by atoms with E-state index in [1.807, 2.05) is 0 Å². The summed E-state index contributed by atoms with van der Waals surface area (Å²) < 4.78 is 0. The van der Waals surface area contributed by atoms with Gasteiger partial charge in [-0.25, -0.2) is 4.79 Å². The predicted molar refractivity (Wildman–Crippen MR) is 46.5 cm³/mol. The van der Waals surface area contributed by atoms with E-state index in [0.29, 0.717) is 0 Å². The molecule has 0 unspecified atom stereocenters. The van der Waals surface area contributed by atoms with Gasteiger partial charge in [0.2, 0.25) is 0 Å². The first kappa shape index (κ1) is 20.1. The minimum Gasteiger partial charge on any atom is -0.481 e. The maximum Gasteiger partial charge on any atom is 0.336 e. The Bertz CT molecular complexity index is 234. The molecule has 0 aromatic rings. The largest absolute Gasteiger partial charge is 0.481 e. The van der Waals surface area contributed by atoms with E-state index in [2.05, 4.69) is 0 Å². The Kier molecular flexibility index (Phi) is 10.5. The molecular formula is C6H10CaO8. The molecule has 8 nitrogen and oxygen atoms in total. The van der Waals surface area contributed by atoms with Gasteiger partial charge in [-0.2, -0.15) is 0 Å². The second kappa shape index (κ2) is 7.83. The summed E-state index contributed by atoms with van der Waals surface area (Å²) >= 11 is 0. The minimum atomic E-state index is -2.74. The topological polar surface area (TPSA) is 164 Å². The second-order valence-corrected chi connectivity index (χ2v) is 2.48. The van der Waals surface area contributed by atoms with Crippen molar-refractivity contribution >= 4 is 55.6 Å². The summed E-state index contributed by atoms with van der Waals surface area (Å²) in [6.45, 7) is 0. The van der Waals surface area contributed by atoms with Crippen molar-refractivity contribution in [2.45, 2.75) is 18.4 Å². The van der Waals surface area contributed by atoms with Crippen LogP contribution in [0.5, 0.6) is 0 Å². The van der Waals surface area contributed by atoms with Gasteiger partial charge < -0.3 is 25.9 Å². The van der Waals surface area contributed by atoms with Gasteiger partial charge in [0, 0.05) is 37.7 Å². The van der Waals surface area contributed by atoms with Crippen LogP contribution < -0.4 is 0 Å². The first-order valence-corrected chi connectivity index (χ1v) is 3.17. The molecule has 2 radical (unpaired) electrons. The molecule has 0 aliphatic carbocycles. The summed E-state index contributed by atoms with van der Waals surface area (Å²) in [5.41, 5.74) is -2.74. The van der Waals surface area contributed by atoms with Crippen molar-refractivity contribution in [2.24, 2.45) is 0 Å². The number of aliphatic hydroxyl groups is 1. The van der Waals surface area contributed by atoms with Crippen molar-refractivity contribution in [1.82, 2.24) is 0 Å². The van der Waals surface area contributed by atoms with Crippen LogP contribution in [0.15, 0.2) is 0 Å². The van der Waals surface area contributed by atoms with E-state index in [1.54, 1.807) is 0 Å². The SMILES string of the molecule is O.O=C(O)CC(O)(CC(=O)O)C(=O)O.[Ca]. The molecule has 0 atom stereocenters. The second-order valence-electron chi connectivity index (χ2n) is 2.48. The predicted octanol–water partition coefficient (Wildman–Crippen LogP) is -2.45. The first-order valence-electron chi connectivity index (χ1n) is 3.17. The number of aliphatic carboxylic acids is 3. The quantitative estimate of drug-likeness (QED) is 0.393. The third-order valence-corrected chi connectivity index (χ3v) is 1.29. The maximum absolute atomic E-state index is 10.3. The van der Waals surface area contributed by atoms with Crippen molar-refractivity contribution in [3.8, 4) is 0 Å². The van der Waals surface area contributed by atoms with Crippen molar-refractivity contribution in [3.05, 3.63) is 0 Å². The normalized spacial score (nSPS) is 9.40. The molecule has 0 spiro atoms. The van der Waals surface area contributed by atoms with Crippen LogP contribution in [0.1, 0.15) is 12.8 Å². The zero-order chi connectivity index (χ0) is 10.6. The third kappa shape index (κ3) is 7.51. The Morgan fingerprint density at radius 3 is 1.33 bits per heavy atom. The van der Waals surface area contributed by atoms with Gasteiger partial charge in [-0.15, -0.1) is 0 Å². The summed E-state index contributed by atoms with van der Waals surface area (Å²) in [4.78, 5) is 30.5. The van der Waals surface area contributed by atoms with E-state index in [1.165, 1.54) is 0 Å². The summed E-state index contributed by atoms with van der Waals surface area (Å²) in [7, 11) is 0. The molecule has 0 aliphatic heterocycles. The van der Waals surface area contributed by atoms with Crippen molar-refractivity contribution in [1.29, 1.82) is 0 Å². The average Bonchev–Trinajstić information content (AvgIpc) is 1.82. The number of carboxylic acid groups (broad SMARTS) is 3. The van der Waals surface area contributed by atoms with Crippen LogP contribution in [0.4, 0.5) is 0 Å². The third-order valence-electron chi connectivity index (χ3n) is 1.29. The van der Waals surface area contributed by atoms with E-state index in [9.17, 15) is 14.4 Å². The number of hydrogen-bond acceptors (Lipinski definition) is 4. The van der Waals surface area contributed by atoms with E-state index in [4.69, 9.17) is 20.4 Å². The molecule has 0 amide bonds. The molecule has 0 saturated heterocycles. The molecule has 0 bridgehead atoms. The van der Waals surface area contributed by atoms with E-state index in [0.717, 1.165) is 0 Å². The van der Waals surface area contributed by atoms with Gasteiger partial charge in [0.05, 0.1) is 12.8 Å². The first-order chi connectivity index (χ1) is 5.78. The van der Waals surface area contributed by atoms with Crippen LogP contribution in [0.3, 0.4) is 0 Å². The summed E-state index contributed by atoms with van der Waals surface area (Å²) in [6.07, 6.45) is -2.29. The molecule has 0 aliphatic rings. The summed E-state index contributed by atoms with van der Waals surface area (Å²) in [5, 5.41) is 33.8. The Morgan fingerprint density at radius 1 is 0.933 bits per heavy atom. The standard InChI is InChI=1S/C6H8O7.Ca.H2O/c7-3(8)1-6(13,5(11)12)2-4(9)10;;/h13H,1-2H2,(H,7,8)(H,9,10)(H,11,12);;1H2. The van der Waals surface area contributed by atoms with E-state index >= 15 is 0 Å². The fourth-order valence-electron chi connectivity index (χ4n) is 0.714. The molecule has 0 aromatic carbocycles. The van der Waals surface area contributed by atoms with E-state index in [-0.39, 0.29) is 43.2 Å². The molecule has 0 fully saturated rings. The Morgan fingerprint density at radius 2 is 1.20 bits per heavy atom. The molecule has 9 heteroatoms. The molecule has 0 saturated carbocycles. The molecule has 0 rings (SSSR count). The smallest absolute Gasteiger partial charge is 0.336 e. The van der Waals surface area contributed by atoms with Gasteiger partial charge >= 0.3 is 17.9 Å². The molecule has 0 aromatic heterocycles.